The predicted molar refractivity (Wildman–Crippen MR) is 142 cm³/mol. The molecule has 0 saturated carbocycles. The molecule has 0 atom stereocenters. The van der Waals surface area contributed by atoms with Gasteiger partial charge in [-0.15, -0.1) is 0 Å². The van der Waals surface area contributed by atoms with Gasteiger partial charge in [-0.1, -0.05) is 24.3 Å². The van der Waals surface area contributed by atoms with E-state index in [0.29, 0.717) is 0 Å². The molecule has 0 spiro atoms. The first-order chi connectivity index (χ1) is 19.3. The standard InChI is InChI=1S/C25H28O14S3.3Na/c26-9-21-5-15(12-41(34,35)36)3-19(24(21)29)7-17-1-14(11-40(31,32)33)2-18(23(17)28)8-20-4-16(13-42(37,38)39)6-22(10-27)25(20)30;;;/h1-6,26-30H,7-13H2,(H,31,32,33)(H,34,35,36)(H,37,38,39);;;/q;3*+1/p-3. The monoisotopic (exact) mass is 714 g/mol. The number of phenols is 3. The Morgan fingerprint density at radius 3 is 0.844 bits per heavy atom. The minimum Gasteiger partial charge on any atom is -0.748 e. The summed E-state index contributed by atoms with van der Waals surface area (Å²) in [4.78, 5) is 0. The molecule has 20 heteroatoms. The van der Waals surface area contributed by atoms with Crippen molar-refractivity contribution < 1.29 is 153 Å². The average Bonchev–Trinajstić information content (AvgIpc) is 2.82. The van der Waals surface area contributed by atoms with Crippen LogP contribution in [0.15, 0.2) is 36.4 Å². The van der Waals surface area contributed by atoms with Crippen molar-refractivity contribution in [3.8, 4) is 17.2 Å². The Bertz CT molecular complexity index is 1730. The number of phenolic OH excluding ortho intramolecular Hbond substituents is 1. The van der Waals surface area contributed by atoms with Gasteiger partial charge in [0.1, 0.15) is 17.2 Å². The van der Waals surface area contributed by atoms with Crippen LogP contribution >= 0.6 is 0 Å². The number of aliphatic hydroxyl groups is 2. The second-order valence-corrected chi connectivity index (χ2v) is 13.8. The maximum Gasteiger partial charge on any atom is 1.00 e. The molecule has 14 nitrogen and oxygen atoms in total. The normalized spacial score (nSPS) is 11.7. The van der Waals surface area contributed by atoms with E-state index in [1.54, 1.807) is 0 Å². The molecule has 3 aromatic rings. The molecule has 0 fully saturated rings. The van der Waals surface area contributed by atoms with Crippen molar-refractivity contribution >= 4 is 30.4 Å². The van der Waals surface area contributed by atoms with E-state index in [9.17, 15) is 64.4 Å². The van der Waals surface area contributed by atoms with Crippen molar-refractivity contribution in [2.45, 2.75) is 43.3 Å². The molecule has 0 bridgehead atoms. The molecular weight excluding hydrogens is 689 g/mol. The Kier molecular flexibility index (Phi) is 17.8. The molecule has 5 N–H and O–H groups in total. The largest absolute Gasteiger partial charge is 1.00 e. The van der Waals surface area contributed by atoms with E-state index in [0.717, 1.165) is 36.4 Å². The van der Waals surface area contributed by atoms with Gasteiger partial charge in [-0.2, -0.15) is 0 Å². The summed E-state index contributed by atoms with van der Waals surface area (Å²) in [5, 5.41) is 51.5. The quantitative estimate of drug-likeness (QED) is 0.0862. The van der Waals surface area contributed by atoms with Crippen LogP contribution in [-0.2, 0) is 73.7 Å². The summed E-state index contributed by atoms with van der Waals surface area (Å²) < 4.78 is 102. The van der Waals surface area contributed by atoms with Gasteiger partial charge in [0.05, 0.1) is 60.8 Å². The van der Waals surface area contributed by atoms with Crippen LogP contribution in [0.25, 0.3) is 0 Å². The number of benzene rings is 3. The van der Waals surface area contributed by atoms with Gasteiger partial charge in [0.15, 0.2) is 0 Å². The van der Waals surface area contributed by atoms with Crippen molar-refractivity contribution in [3.63, 3.8) is 0 Å². The second-order valence-electron chi connectivity index (χ2n) is 9.56. The van der Waals surface area contributed by atoms with Crippen molar-refractivity contribution in [2.24, 2.45) is 0 Å². The minimum atomic E-state index is -4.86. The van der Waals surface area contributed by atoms with E-state index in [4.69, 9.17) is 0 Å². The van der Waals surface area contributed by atoms with Crippen LogP contribution in [0.1, 0.15) is 50.1 Å². The summed E-state index contributed by atoms with van der Waals surface area (Å²) in [6, 6.07) is 6.71. The first kappa shape index (κ1) is 44.7. The molecule has 0 saturated heterocycles. The van der Waals surface area contributed by atoms with Gasteiger partial charge in [-0.25, -0.2) is 25.3 Å². The zero-order chi connectivity index (χ0) is 31.6. The van der Waals surface area contributed by atoms with Crippen molar-refractivity contribution in [1.29, 1.82) is 0 Å². The summed E-state index contributed by atoms with van der Waals surface area (Å²) in [5.74, 6) is -4.56. The molecular formula is C25H25Na3O14S3. The third-order valence-corrected chi connectivity index (χ3v) is 8.18. The average molecular weight is 715 g/mol. The molecule has 0 aromatic heterocycles. The van der Waals surface area contributed by atoms with Gasteiger partial charge < -0.3 is 39.2 Å². The first-order valence-electron chi connectivity index (χ1n) is 11.8. The van der Waals surface area contributed by atoms with Crippen LogP contribution in [0.2, 0.25) is 0 Å². The van der Waals surface area contributed by atoms with Crippen LogP contribution in [0, 0.1) is 0 Å². The number of hydrogen-bond acceptors (Lipinski definition) is 14. The van der Waals surface area contributed by atoms with E-state index < -0.39 is 90.9 Å². The summed E-state index contributed by atoms with van der Waals surface area (Å²) in [5.41, 5.74) is -0.925. The Balaban J connectivity index is 0.00000645. The topological polar surface area (TPSA) is 273 Å². The van der Waals surface area contributed by atoms with E-state index in [1.165, 1.54) is 0 Å². The van der Waals surface area contributed by atoms with E-state index in [1.807, 2.05) is 0 Å². The molecule has 0 aliphatic carbocycles. The van der Waals surface area contributed by atoms with Gasteiger partial charge in [-0.05, 0) is 51.1 Å². The van der Waals surface area contributed by atoms with E-state index in [2.05, 4.69) is 0 Å². The Labute approximate surface area is 326 Å². The van der Waals surface area contributed by atoms with Crippen LogP contribution in [0.4, 0.5) is 0 Å². The molecule has 0 unspecified atom stereocenters. The molecule has 3 rings (SSSR count). The van der Waals surface area contributed by atoms with Crippen LogP contribution in [0.3, 0.4) is 0 Å². The zero-order valence-corrected chi connectivity index (χ0v) is 33.0. The molecule has 45 heavy (non-hydrogen) atoms. The number of aliphatic hydroxyl groups excluding tert-OH is 2. The van der Waals surface area contributed by atoms with Crippen LogP contribution < -0.4 is 88.7 Å². The van der Waals surface area contributed by atoms with Crippen molar-refractivity contribution in [2.75, 3.05) is 0 Å². The maximum atomic E-state index is 11.5. The Hall–Kier alpha value is -0.290. The summed E-state index contributed by atoms with van der Waals surface area (Å²) in [6.07, 6.45) is -0.834. The number of rotatable bonds is 12. The second kappa shape index (κ2) is 17.9. The molecule has 3 aromatic carbocycles. The molecule has 230 valence electrons. The Morgan fingerprint density at radius 2 is 0.644 bits per heavy atom. The molecule has 0 aliphatic rings. The van der Waals surface area contributed by atoms with Gasteiger partial charge >= 0.3 is 88.7 Å². The fraction of sp³-hybridized carbons (Fsp3) is 0.280. The van der Waals surface area contributed by atoms with Crippen LogP contribution in [0.5, 0.6) is 17.2 Å². The van der Waals surface area contributed by atoms with E-state index in [-0.39, 0.29) is 139 Å². The maximum absolute atomic E-state index is 11.5. The SMILES string of the molecule is O=S(=O)([O-])Cc1cc(CO)c(O)c(Cc2cc(CS(=O)(=O)[O-])cc(Cc3cc(CS(=O)(=O)[O-])cc(CO)c3O)c2O)c1.[Na+].[Na+].[Na+]. The van der Waals surface area contributed by atoms with Gasteiger partial charge in [0, 0.05) is 24.0 Å². The van der Waals surface area contributed by atoms with Gasteiger partial charge in [-0.3, -0.25) is 0 Å². The zero-order valence-electron chi connectivity index (χ0n) is 24.5. The third kappa shape index (κ3) is 13.6. The minimum absolute atomic E-state index is 0. The predicted octanol–water partition coefficient (Wildman–Crippen LogP) is -8.88. The molecule has 0 heterocycles. The molecule has 0 amide bonds. The van der Waals surface area contributed by atoms with Crippen molar-refractivity contribution in [3.05, 3.63) is 86.5 Å². The summed E-state index contributed by atoms with van der Waals surface area (Å²) in [6.45, 7) is -1.50. The van der Waals surface area contributed by atoms with Gasteiger partial charge in [0.25, 0.3) is 0 Å². The number of aromatic hydroxyl groups is 3. The molecule has 0 aliphatic heterocycles. The molecule has 0 radical (unpaired) electrons. The van der Waals surface area contributed by atoms with Crippen LogP contribution in [-0.4, -0.2) is 64.4 Å². The van der Waals surface area contributed by atoms with Gasteiger partial charge in [0.2, 0.25) is 0 Å². The third-order valence-electron chi connectivity index (χ3n) is 6.12. The van der Waals surface area contributed by atoms with E-state index >= 15 is 0 Å². The van der Waals surface area contributed by atoms with Crippen molar-refractivity contribution in [1.82, 2.24) is 0 Å². The smallest absolute Gasteiger partial charge is 0.748 e. The number of hydrogen-bond donors (Lipinski definition) is 5. The fourth-order valence-corrected chi connectivity index (χ4v) is 6.27. The fourth-order valence-electron chi connectivity index (χ4n) is 4.55. The first-order valence-corrected chi connectivity index (χ1v) is 16.5. The Morgan fingerprint density at radius 1 is 0.444 bits per heavy atom. The summed E-state index contributed by atoms with van der Waals surface area (Å²) >= 11 is 0. The summed E-state index contributed by atoms with van der Waals surface area (Å²) in [7, 11) is -14.4.